The highest BCUT2D eigenvalue weighted by molar-refractivity contribution is 7.80. The molecular weight excluding hydrogens is 530 g/mol. The van der Waals surface area contributed by atoms with Gasteiger partial charge in [-0.05, 0) is 38.4 Å². The summed E-state index contributed by atoms with van der Waals surface area (Å²) in [6, 6.07) is 0.760. The highest BCUT2D eigenvalue weighted by Gasteiger charge is 2.32. The zero-order valence-corrected chi connectivity index (χ0v) is 23.7. The minimum absolute atomic E-state index is 0.0631. The molecule has 2 fully saturated rings. The van der Waals surface area contributed by atoms with Crippen molar-refractivity contribution in [2.75, 3.05) is 52.9 Å². The molecule has 2 aliphatic heterocycles. The van der Waals surface area contributed by atoms with Crippen LogP contribution in [0, 0.1) is 0 Å². The number of ether oxygens (including phenoxy) is 4. The van der Waals surface area contributed by atoms with E-state index < -0.39 is 17.8 Å². The number of rotatable bonds is 23. The van der Waals surface area contributed by atoms with Crippen LogP contribution in [-0.4, -0.2) is 98.7 Å². The summed E-state index contributed by atoms with van der Waals surface area (Å²) in [4.78, 5) is 51.1. The van der Waals surface area contributed by atoms with E-state index in [1.54, 1.807) is 0 Å². The lowest BCUT2D eigenvalue weighted by Gasteiger charge is -2.13. The first-order valence-corrected chi connectivity index (χ1v) is 14.2. The summed E-state index contributed by atoms with van der Waals surface area (Å²) in [5.41, 5.74) is 0. The Morgan fingerprint density at radius 2 is 1.33 bits per heavy atom. The Balaban J connectivity index is 1.26. The monoisotopic (exact) mass is 573 g/mol. The van der Waals surface area contributed by atoms with E-state index in [1.165, 1.54) is 0 Å². The number of imide groups is 1. The molecule has 13 heteroatoms. The maximum absolute atomic E-state index is 12.0. The Kier molecular flexibility index (Phi) is 16.8. The van der Waals surface area contributed by atoms with E-state index in [0.29, 0.717) is 82.0 Å². The van der Waals surface area contributed by atoms with Crippen molar-refractivity contribution in [1.82, 2.24) is 15.7 Å². The summed E-state index contributed by atoms with van der Waals surface area (Å²) in [6.07, 6.45) is 6.10. The van der Waals surface area contributed by atoms with E-state index in [2.05, 4.69) is 17.6 Å². The van der Waals surface area contributed by atoms with Crippen LogP contribution >= 0.6 is 12.2 Å². The third-order valence-electron chi connectivity index (χ3n) is 6.26. The van der Waals surface area contributed by atoms with Gasteiger partial charge in [0.25, 0.3) is 11.8 Å². The molecule has 2 rings (SSSR count). The Morgan fingerprint density at radius 1 is 0.769 bits per heavy atom. The van der Waals surface area contributed by atoms with Crippen molar-refractivity contribution in [1.29, 1.82) is 0 Å². The smallest absolute Gasteiger partial charge is 0.335 e. The van der Waals surface area contributed by atoms with Crippen LogP contribution < -0.4 is 10.6 Å². The highest BCUT2D eigenvalue weighted by Crippen LogP contribution is 2.13. The standard InChI is InChI=1S/C26H43N3O9S/c1-20-22(28-26(39)27-20)8-4-2-3-6-21(30)7-5-12-34-14-16-36-18-19-37-17-15-35-13-11-25(33)38-29-23(31)9-10-24(29)32/h20,22H,2-19H2,1H3,(H2,27,28,39)/t20-,22+/m0/s1. The second-order valence-corrected chi connectivity index (χ2v) is 9.91. The van der Waals surface area contributed by atoms with Crippen LogP contribution in [0.2, 0.25) is 0 Å². The number of hydroxylamine groups is 2. The van der Waals surface area contributed by atoms with Gasteiger partial charge in [-0.3, -0.25) is 14.4 Å². The molecule has 0 aromatic carbocycles. The van der Waals surface area contributed by atoms with Gasteiger partial charge >= 0.3 is 5.97 Å². The number of nitrogens with one attached hydrogen (secondary N) is 2. The second kappa shape index (κ2) is 19.8. The van der Waals surface area contributed by atoms with E-state index in [1.807, 2.05) is 0 Å². The minimum atomic E-state index is -0.695. The van der Waals surface area contributed by atoms with Crippen molar-refractivity contribution in [3.8, 4) is 0 Å². The number of carbonyl (C=O) groups excluding carboxylic acids is 4. The lowest BCUT2D eigenvalue weighted by molar-refractivity contribution is -0.198. The fraction of sp³-hybridized carbons (Fsp3) is 0.808. The van der Waals surface area contributed by atoms with E-state index in [-0.39, 0.29) is 25.9 Å². The number of hydrogen-bond acceptors (Lipinski definition) is 10. The molecular formula is C26H43N3O9S. The van der Waals surface area contributed by atoms with Crippen LogP contribution in [0.4, 0.5) is 0 Å². The predicted molar refractivity (Wildman–Crippen MR) is 145 cm³/mol. The van der Waals surface area contributed by atoms with E-state index in [9.17, 15) is 19.2 Å². The van der Waals surface area contributed by atoms with Crippen LogP contribution in [0.3, 0.4) is 0 Å². The fourth-order valence-electron chi connectivity index (χ4n) is 4.05. The van der Waals surface area contributed by atoms with Crippen LogP contribution in [0.1, 0.15) is 71.1 Å². The molecule has 39 heavy (non-hydrogen) atoms. The minimum Gasteiger partial charge on any atom is -0.379 e. The Hall–Kier alpha value is -2.19. The summed E-state index contributed by atoms with van der Waals surface area (Å²) < 4.78 is 21.6. The first-order chi connectivity index (χ1) is 18.9. The van der Waals surface area contributed by atoms with Crippen LogP contribution in [0.15, 0.2) is 0 Å². The molecule has 2 aliphatic rings. The summed E-state index contributed by atoms with van der Waals surface area (Å²) in [5.74, 6) is -1.42. The van der Waals surface area contributed by atoms with Gasteiger partial charge in [-0.25, -0.2) is 4.79 Å². The summed E-state index contributed by atoms with van der Waals surface area (Å²) >= 11 is 5.13. The van der Waals surface area contributed by atoms with E-state index in [4.69, 9.17) is 36.0 Å². The molecule has 0 unspecified atom stereocenters. The number of Topliss-reactive ketones (excluding diaryl/α,β-unsaturated/α-hetero) is 1. The first-order valence-electron chi connectivity index (χ1n) is 13.8. The molecule has 2 saturated heterocycles. The van der Waals surface area contributed by atoms with Gasteiger partial charge in [0.05, 0.1) is 52.7 Å². The fourth-order valence-corrected chi connectivity index (χ4v) is 4.38. The van der Waals surface area contributed by atoms with Crippen molar-refractivity contribution in [2.45, 2.75) is 83.2 Å². The van der Waals surface area contributed by atoms with Gasteiger partial charge in [0.15, 0.2) is 5.11 Å². The zero-order chi connectivity index (χ0) is 28.3. The molecule has 2 amide bonds. The van der Waals surface area contributed by atoms with E-state index >= 15 is 0 Å². The molecule has 12 nitrogen and oxygen atoms in total. The Labute approximate surface area is 235 Å². The van der Waals surface area contributed by atoms with Gasteiger partial charge < -0.3 is 34.4 Å². The molecule has 2 atom stereocenters. The number of hydrogen-bond donors (Lipinski definition) is 2. The number of nitrogens with zero attached hydrogens (tertiary/aromatic N) is 1. The number of thiocarbonyl (C=S) groups is 1. The first kappa shape index (κ1) is 33.0. The average Bonchev–Trinajstić information content (AvgIpc) is 3.40. The van der Waals surface area contributed by atoms with Crippen molar-refractivity contribution in [3.63, 3.8) is 0 Å². The molecule has 0 aliphatic carbocycles. The maximum Gasteiger partial charge on any atom is 0.335 e. The molecule has 0 aromatic rings. The van der Waals surface area contributed by atoms with Gasteiger partial charge in [-0.2, -0.15) is 0 Å². The molecule has 222 valence electrons. The molecule has 0 bridgehead atoms. The molecule has 0 spiro atoms. The quantitative estimate of drug-likeness (QED) is 0.104. The Morgan fingerprint density at radius 3 is 1.92 bits per heavy atom. The third kappa shape index (κ3) is 14.7. The van der Waals surface area contributed by atoms with Crippen molar-refractivity contribution in [2.24, 2.45) is 0 Å². The van der Waals surface area contributed by atoms with Gasteiger partial charge in [0.1, 0.15) is 5.78 Å². The van der Waals surface area contributed by atoms with Crippen molar-refractivity contribution in [3.05, 3.63) is 0 Å². The van der Waals surface area contributed by atoms with E-state index in [0.717, 1.165) is 37.2 Å². The molecule has 2 heterocycles. The van der Waals surface area contributed by atoms with Gasteiger partial charge in [-0.1, -0.05) is 12.8 Å². The molecule has 0 aromatic heterocycles. The SMILES string of the molecule is C[C@@H]1NC(=S)N[C@@H]1CCCCCC(=O)CCCOCCOCCOCCOCCC(=O)ON1C(=O)CCC1=O. The second-order valence-electron chi connectivity index (χ2n) is 9.50. The largest absolute Gasteiger partial charge is 0.379 e. The normalized spacial score (nSPS) is 18.9. The lowest BCUT2D eigenvalue weighted by Crippen LogP contribution is -2.32. The van der Waals surface area contributed by atoms with Crippen LogP contribution in [0.5, 0.6) is 0 Å². The summed E-state index contributed by atoms with van der Waals surface area (Å²) in [6.45, 7) is 5.15. The highest BCUT2D eigenvalue weighted by atomic mass is 32.1. The Bertz CT molecular complexity index is 783. The number of amides is 2. The van der Waals surface area contributed by atoms with Gasteiger partial charge in [0, 0.05) is 44.4 Å². The van der Waals surface area contributed by atoms with Crippen LogP contribution in [-0.2, 0) is 43.0 Å². The van der Waals surface area contributed by atoms with Gasteiger partial charge in [-0.15, -0.1) is 5.06 Å². The third-order valence-corrected chi connectivity index (χ3v) is 6.49. The van der Waals surface area contributed by atoms with Crippen molar-refractivity contribution >= 4 is 40.9 Å². The van der Waals surface area contributed by atoms with Crippen LogP contribution in [0.25, 0.3) is 0 Å². The average molecular weight is 574 g/mol. The van der Waals surface area contributed by atoms with Crippen molar-refractivity contribution < 1.29 is 43.0 Å². The summed E-state index contributed by atoms with van der Waals surface area (Å²) in [5, 5.41) is 7.74. The number of unbranched alkanes of at least 4 members (excludes halogenated alkanes) is 2. The molecule has 0 saturated carbocycles. The van der Waals surface area contributed by atoms with Gasteiger partial charge in [0.2, 0.25) is 0 Å². The predicted octanol–water partition coefficient (Wildman–Crippen LogP) is 1.58. The lowest BCUT2D eigenvalue weighted by atomic mass is 10.0. The zero-order valence-electron chi connectivity index (χ0n) is 22.9. The number of carbonyl (C=O) groups is 4. The summed E-state index contributed by atoms with van der Waals surface area (Å²) in [7, 11) is 0. The molecule has 2 N–H and O–H groups in total. The topological polar surface area (TPSA) is 142 Å². The molecule has 0 radical (unpaired) electrons. The number of ketones is 1. The maximum atomic E-state index is 12.0.